The summed E-state index contributed by atoms with van der Waals surface area (Å²) in [5, 5.41) is 2.94. The fraction of sp³-hybridized carbons (Fsp3) is 0.462. The molecule has 0 aliphatic carbocycles. The van der Waals surface area contributed by atoms with Crippen LogP contribution in [-0.4, -0.2) is 24.0 Å². The van der Waals surface area contributed by atoms with Crippen LogP contribution in [-0.2, 0) is 0 Å². The Kier molecular flexibility index (Phi) is 4.05. The second-order valence-corrected chi connectivity index (χ2v) is 5.46. The maximum atomic E-state index is 12.1. The average Bonchev–Trinajstić information content (AvgIpc) is 2.32. The molecule has 3 nitrogen and oxygen atoms in total. The number of halogens is 1. The predicted molar refractivity (Wildman–Crippen MR) is 73.1 cm³/mol. The van der Waals surface area contributed by atoms with Crippen molar-refractivity contribution in [2.45, 2.75) is 19.8 Å². The molecule has 1 aromatic rings. The first-order chi connectivity index (χ1) is 8.16. The van der Waals surface area contributed by atoms with Gasteiger partial charge in [0, 0.05) is 17.6 Å². The van der Waals surface area contributed by atoms with E-state index in [1.54, 1.807) is 0 Å². The molecule has 0 radical (unpaired) electrons. The number of carbonyl (C=O) groups is 1. The van der Waals surface area contributed by atoms with Crippen molar-refractivity contribution in [3.8, 4) is 0 Å². The van der Waals surface area contributed by atoms with E-state index in [0.717, 1.165) is 29.7 Å². The number of likely N-dealkylation sites (tertiary alicyclic amines) is 1. The van der Waals surface area contributed by atoms with Crippen LogP contribution in [0.2, 0.25) is 0 Å². The first kappa shape index (κ1) is 12.4. The summed E-state index contributed by atoms with van der Waals surface area (Å²) < 4.78 is 0.915. The van der Waals surface area contributed by atoms with Gasteiger partial charge in [-0.3, -0.25) is 0 Å². The molecule has 0 aromatic heterocycles. The van der Waals surface area contributed by atoms with Crippen LogP contribution < -0.4 is 5.32 Å². The van der Waals surface area contributed by atoms with Crippen LogP contribution in [0.4, 0.5) is 10.5 Å². The second kappa shape index (κ2) is 5.54. The Morgan fingerprint density at radius 3 is 2.94 bits per heavy atom. The van der Waals surface area contributed by atoms with E-state index >= 15 is 0 Å². The zero-order valence-electron chi connectivity index (χ0n) is 9.95. The van der Waals surface area contributed by atoms with Gasteiger partial charge in [0.1, 0.15) is 0 Å². The van der Waals surface area contributed by atoms with Gasteiger partial charge in [-0.05, 0) is 46.8 Å². The maximum Gasteiger partial charge on any atom is 0.321 e. The number of benzene rings is 1. The lowest BCUT2D eigenvalue weighted by molar-refractivity contribution is 0.182. The van der Waals surface area contributed by atoms with Gasteiger partial charge >= 0.3 is 6.03 Å². The largest absolute Gasteiger partial charge is 0.324 e. The molecule has 17 heavy (non-hydrogen) atoms. The number of nitrogens with one attached hydrogen (secondary N) is 1. The van der Waals surface area contributed by atoms with E-state index < -0.39 is 0 Å². The highest BCUT2D eigenvalue weighted by Gasteiger charge is 2.21. The number of nitrogens with zero attached hydrogens (tertiary/aromatic N) is 1. The molecule has 1 unspecified atom stereocenters. The summed E-state index contributed by atoms with van der Waals surface area (Å²) in [6.07, 6.45) is 2.32. The minimum atomic E-state index is 0.00319. The number of rotatable bonds is 1. The quantitative estimate of drug-likeness (QED) is 0.842. The van der Waals surface area contributed by atoms with Crippen LogP contribution >= 0.6 is 15.9 Å². The van der Waals surface area contributed by atoms with E-state index in [-0.39, 0.29) is 6.03 Å². The molecular formula is C13H17BrN2O. The van der Waals surface area contributed by atoms with Crippen LogP contribution in [0.25, 0.3) is 0 Å². The van der Waals surface area contributed by atoms with Crippen molar-refractivity contribution in [3.63, 3.8) is 0 Å². The molecule has 2 amide bonds. The number of carbonyl (C=O) groups excluding carboxylic acids is 1. The Bertz CT molecular complexity index is 408. The van der Waals surface area contributed by atoms with Gasteiger partial charge in [-0.2, -0.15) is 0 Å². The summed E-state index contributed by atoms with van der Waals surface area (Å²) in [6, 6.07) is 7.68. The van der Waals surface area contributed by atoms with Gasteiger partial charge in [-0.15, -0.1) is 0 Å². The van der Waals surface area contributed by atoms with Crippen LogP contribution in [0.3, 0.4) is 0 Å². The maximum absolute atomic E-state index is 12.1. The van der Waals surface area contributed by atoms with Crippen molar-refractivity contribution < 1.29 is 4.79 Å². The monoisotopic (exact) mass is 296 g/mol. The molecule has 1 aliphatic rings. The first-order valence-corrected chi connectivity index (χ1v) is 6.76. The first-order valence-electron chi connectivity index (χ1n) is 5.97. The molecule has 0 saturated carbocycles. The summed E-state index contributed by atoms with van der Waals surface area (Å²) in [7, 11) is 0. The molecule has 2 rings (SSSR count). The lowest BCUT2D eigenvalue weighted by atomic mass is 10.0. The average molecular weight is 297 g/mol. The van der Waals surface area contributed by atoms with E-state index in [0.29, 0.717) is 5.92 Å². The highest BCUT2D eigenvalue weighted by molar-refractivity contribution is 9.10. The molecule has 1 aliphatic heterocycles. The van der Waals surface area contributed by atoms with Gasteiger partial charge in [0.15, 0.2) is 0 Å². The molecule has 1 atom stereocenters. The van der Waals surface area contributed by atoms with Gasteiger partial charge in [0.25, 0.3) is 0 Å². The molecule has 92 valence electrons. The van der Waals surface area contributed by atoms with E-state index in [9.17, 15) is 4.79 Å². The number of para-hydroxylation sites is 1. The molecule has 0 bridgehead atoms. The normalized spacial score (nSPS) is 20.1. The highest BCUT2D eigenvalue weighted by atomic mass is 79.9. The SMILES string of the molecule is CC1CCCN(C(=O)Nc2ccccc2Br)C1. The minimum absolute atomic E-state index is 0.00319. The smallest absolute Gasteiger partial charge is 0.321 e. The molecule has 1 N–H and O–H groups in total. The number of urea groups is 1. The van der Waals surface area contributed by atoms with E-state index in [2.05, 4.69) is 28.2 Å². The molecule has 1 saturated heterocycles. The second-order valence-electron chi connectivity index (χ2n) is 4.60. The zero-order valence-corrected chi connectivity index (χ0v) is 11.5. The van der Waals surface area contributed by atoms with Crippen molar-refractivity contribution >= 4 is 27.6 Å². The van der Waals surface area contributed by atoms with Crippen molar-refractivity contribution in [2.75, 3.05) is 18.4 Å². The lowest BCUT2D eigenvalue weighted by Crippen LogP contribution is -2.41. The summed E-state index contributed by atoms with van der Waals surface area (Å²) in [5.74, 6) is 0.605. The minimum Gasteiger partial charge on any atom is -0.324 e. The fourth-order valence-electron chi connectivity index (χ4n) is 2.13. The van der Waals surface area contributed by atoms with Crippen molar-refractivity contribution in [2.24, 2.45) is 5.92 Å². The summed E-state index contributed by atoms with van der Waals surface area (Å²) in [6.45, 7) is 3.91. The number of hydrogen-bond acceptors (Lipinski definition) is 1. The van der Waals surface area contributed by atoms with Crippen molar-refractivity contribution in [1.82, 2.24) is 4.90 Å². The number of amides is 2. The Morgan fingerprint density at radius 1 is 1.47 bits per heavy atom. The molecule has 1 heterocycles. The van der Waals surface area contributed by atoms with Crippen LogP contribution in [0.15, 0.2) is 28.7 Å². The molecule has 4 heteroatoms. The summed E-state index contributed by atoms with van der Waals surface area (Å²) >= 11 is 3.43. The molecule has 1 fully saturated rings. The third-order valence-electron chi connectivity index (χ3n) is 3.06. The number of hydrogen-bond donors (Lipinski definition) is 1. The van der Waals surface area contributed by atoms with Crippen molar-refractivity contribution in [3.05, 3.63) is 28.7 Å². The molecular weight excluding hydrogens is 280 g/mol. The third-order valence-corrected chi connectivity index (χ3v) is 3.75. The molecule has 1 aromatic carbocycles. The van der Waals surface area contributed by atoms with Gasteiger partial charge in [-0.1, -0.05) is 19.1 Å². The highest BCUT2D eigenvalue weighted by Crippen LogP contribution is 2.22. The van der Waals surface area contributed by atoms with E-state index in [1.165, 1.54) is 6.42 Å². The summed E-state index contributed by atoms with van der Waals surface area (Å²) in [4.78, 5) is 14.0. The van der Waals surface area contributed by atoms with Gasteiger partial charge < -0.3 is 10.2 Å². The van der Waals surface area contributed by atoms with Gasteiger partial charge in [0.2, 0.25) is 0 Å². The third kappa shape index (κ3) is 3.22. The molecule has 0 spiro atoms. The van der Waals surface area contributed by atoms with E-state index in [4.69, 9.17) is 0 Å². The predicted octanol–water partition coefficient (Wildman–Crippen LogP) is 3.71. The Hall–Kier alpha value is -1.03. The Morgan fingerprint density at radius 2 is 2.24 bits per heavy atom. The number of piperidine rings is 1. The Labute approximate surface area is 110 Å². The van der Waals surface area contributed by atoms with Crippen LogP contribution in [0.1, 0.15) is 19.8 Å². The Balaban J connectivity index is 1.99. The van der Waals surface area contributed by atoms with E-state index in [1.807, 2.05) is 29.2 Å². The number of anilines is 1. The zero-order chi connectivity index (χ0) is 12.3. The van der Waals surface area contributed by atoms with Crippen LogP contribution in [0, 0.1) is 5.92 Å². The summed E-state index contributed by atoms with van der Waals surface area (Å²) in [5.41, 5.74) is 0.829. The van der Waals surface area contributed by atoms with Gasteiger partial charge in [0.05, 0.1) is 5.69 Å². The van der Waals surface area contributed by atoms with Crippen molar-refractivity contribution in [1.29, 1.82) is 0 Å². The lowest BCUT2D eigenvalue weighted by Gasteiger charge is -2.31. The fourth-order valence-corrected chi connectivity index (χ4v) is 2.51. The van der Waals surface area contributed by atoms with Crippen LogP contribution in [0.5, 0.6) is 0 Å². The van der Waals surface area contributed by atoms with Gasteiger partial charge in [-0.25, -0.2) is 4.79 Å². The standard InChI is InChI=1S/C13H17BrN2O/c1-10-5-4-8-16(9-10)13(17)15-12-7-3-2-6-11(12)14/h2-3,6-7,10H,4-5,8-9H2,1H3,(H,15,17). The topological polar surface area (TPSA) is 32.3 Å².